The van der Waals surface area contributed by atoms with E-state index in [-0.39, 0.29) is 17.0 Å². The van der Waals surface area contributed by atoms with Crippen LogP contribution in [-0.2, 0) is 0 Å². The average molecular weight is 435 g/mol. The molecule has 0 amide bonds. The Bertz CT molecular complexity index is 977. The smallest absolute Gasteiger partial charge is 0.191 e. The maximum Gasteiger partial charge on any atom is 0.191 e. The summed E-state index contributed by atoms with van der Waals surface area (Å²) >= 11 is 3.51. The van der Waals surface area contributed by atoms with Crippen LogP contribution >= 0.6 is 15.9 Å². The number of allylic oxidation sites excluding steroid dienone is 4. The second-order valence-electron chi connectivity index (χ2n) is 8.77. The van der Waals surface area contributed by atoms with E-state index >= 15 is 0 Å². The third-order valence-corrected chi connectivity index (χ3v) is 6.80. The Morgan fingerprint density at radius 2 is 1.86 bits per heavy atom. The zero-order valence-corrected chi connectivity index (χ0v) is 17.9. The largest absolute Gasteiger partial charge is 0.399 e. The molecule has 0 heterocycles. The number of nitrogens with two attached hydrogens (primary N) is 1. The summed E-state index contributed by atoms with van der Waals surface area (Å²) in [7, 11) is 0. The van der Waals surface area contributed by atoms with Gasteiger partial charge >= 0.3 is 0 Å². The monoisotopic (exact) mass is 434 g/mol. The van der Waals surface area contributed by atoms with Gasteiger partial charge in [-0.25, -0.2) is 0 Å². The van der Waals surface area contributed by atoms with Crippen molar-refractivity contribution in [2.45, 2.75) is 39.5 Å². The molecule has 3 rings (SSSR count). The molecule has 4 nitrogen and oxygen atoms in total. The van der Waals surface area contributed by atoms with Crippen LogP contribution in [0.15, 0.2) is 51.7 Å². The summed E-state index contributed by atoms with van der Waals surface area (Å²) < 4.78 is 0.886. The highest BCUT2D eigenvalue weighted by Crippen LogP contribution is 2.58. The molecule has 2 aliphatic rings. The van der Waals surface area contributed by atoms with Crippen LogP contribution in [0.3, 0.4) is 0 Å². The third kappa shape index (κ3) is 3.03. The Morgan fingerprint density at radius 3 is 2.39 bits per heavy atom. The lowest BCUT2D eigenvalue weighted by Gasteiger charge is -2.47. The van der Waals surface area contributed by atoms with Crippen molar-refractivity contribution >= 4 is 15.9 Å². The van der Waals surface area contributed by atoms with Crippen LogP contribution in [-0.4, -0.2) is 0 Å². The van der Waals surface area contributed by atoms with Gasteiger partial charge in [-0.05, 0) is 53.4 Å². The summed E-state index contributed by atoms with van der Waals surface area (Å²) in [5.41, 5.74) is 7.05. The maximum atomic E-state index is 10.1. The van der Waals surface area contributed by atoms with Crippen molar-refractivity contribution in [1.29, 1.82) is 15.8 Å². The van der Waals surface area contributed by atoms with Gasteiger partial charge in [0.25, 0.3) is 0 Å². The molecule has 142 valence electrons. The molecular weight excluding hydrogens is 412 g/mol. The number of hydrogen-bond donors (Lipinski definition) is 1. The van der Waals surface area contributed by atoms with Gasteiger partial charge < -0.3 is 5.73 Å². The molecule has 0 fully saturated rings. The van der Waals surface area contributed by atoms with Crippen LogP contribution in [0.5, 0.6) is 0 Å². The van der Waals surface area contributed by atoms with Gasteiger partial charge in [0.2, 0.25) is 0 Å². The first-order chi connectivity index (χ1) is 13.2. The second kappa shape index (κ2) is 7.12. The molecule has 0 spiro atoms. The molecule has 5 heteroatoms. The number of halogens is 1. The highest BCUT2D eigenvalue weighted by Gasteiger charge is 2.55. The Labute approximate surface area is 175 Å². The van der Waals surface area contributed by atoms with E-state index in [9.17, 15) is 15.8 Å². The lowest BCUT2D eigenvalue weighted by molar-refractivity contribution is 0.170. The second-order valence-corrected chi connectivity index (χ2v) is 9.68. The molecule has 1 aromatic carbocycles. The highest BCUT2D eigenvalue weighted by molar-refractivity contribution is 9.10. The van der Waals surface area contributed by atoms with Crippen LogP contribution < -0.4 is 5.73 Å². The van der Waals surface area contributed by atoms with Crippen molar-refractivity contribution in [3.63, 3.8) is 0 Å². The van der Waals surface area contributed by atoms with Crippen LogP contribution in [0.2, 0.25) is 0 Å². The Balaban J connectivity index is 2.31. The van der Waals surface area contributed by atoms with E-state index in [4.69, 9.17) is 5.73 Å². The predicted octanol–water partition coefficient (Wildman–Crippen LogP) is 5.31. The molecule has 0 aromatic heterocycles. The van der Waals surface area contributed by atoms with Crippen LogP contribution in [0.25, 0.3) is 0 Å². The quantitative estimate of drug-likeness (QED) is 0.646. The molecule has 0 aliphatic heterocycles. The van der Waals surface area contributed by atoms with Crippen molar-refractivity contribution in [3.05, 3.63) is 57.2 Å². The fourth-order valence-electron chi connectivity index (χ4n) is 4.67. The average Bonchev–Trinajstić information content (AvgIpc) is 2.66. The number of nitriles is 3. The molecule has 2 N–H and O–H groups in total. The van der Waals surface area contributed by atoms with E-state index in [1.807, 2.05) is 24.3 Å². The summed E-state index contributed by atoms with van der Waals surface area (Å²) in [4.78, 5) is 0. The van der Waals surface area contributed by atoms with Gasteiger partial charge in [0.1, 0.15) is 6.07 Å². The lowest BCUT2D eigenvalue weighted by atomic mass is 9.54. The van der Waals surface area contributed by atoms with E-state index < -0.39 is 11.3 Å². The number of hydrogen-bond acceptors (Lipinski definition) is 4. The first kappa shape index (κ1) is 20.2. The SMILES string of the molecule is CC(C)(C)C1CC=C2C(C#N)=C(N)C(C#N)(C#N)C(c3cccc(Br)c3)C2C1. The van der Waals surface area contributed by atoms with Crippen molar-refractivity contribution in [2.24, 2.45) is 28.4 Å². The molecule has 0 saturated carbocycles. The van der Waals surface area contributed by atoms with Gasteiger partial charge in [0, 0.05) is 10.4 Å². The van der Waals surface area contributed by atoms with Crippen LogP contribution in [0.4, 0.5) is 0 Å². The van der Waals surface area contributed by atoms with Gasteiger partial charge in [-0.1, -0.05) is 54.9 Å². The molecule has 0 bridgehead atoms. The van der Waals surface area contributed by atoms with E-state index in [1.54, 1.807) is 0 Å². The molecular formula is C23H23BrN4. The van der Waals surface area contributed by atoms with Crippen molar-refractivity contribution in [2.75, 3.05) is 0 Å². The molecule has 0 radical (unpaired) electrons. The number of nitrogens with zero attached hydrogens (tertiary/aromatic N) is 3. The summed E-state index contributed by atoms with van der Waals surface area (Å²) in [6.07, 6.45) is 3.79. The van der Waals surface area contributed by atoms with E-state index in [2.05, 4.69) is 61.0 Å². The zero-order valence-electron chi connectivity index (χ0n) is 16.3. The fourth-order valence-corrected chi connectivity index (χ4v) is 5.09. The van der Waals surface area contributed by atoms with Gasteiger partial charge in [-0.3, -0.25) is 0 Å². The third-order valence-electron chi connectivity index (χ3n) is 6.31. The molecule has 2 aliphatic carbocycles. The lowest BCUT2D eigenvalue weighted by Crippen LogP contribution is -2.44. The topological polar surface area (TPSA) is 97.4 Å². The minimum Gasteiger partial charge on any atom is -0.399 e. The van der Waals surface area contributed by atoms with Crippen molar-refractivity contribution < 1.29 is 0 Å². The zero-order chi connectivity index (χ0) is 20.7. The van der Waals surface area contributed by atoms with Gasteiger partial charge in [0.05, 0.1) is 23.4 Å². The molecule has 3 atom stereocenters. The maximum absolute atomic E-state index is 10.1. The van der Waals surface area contributed by atoms with Gasteiger partial charge in [0.15, 0.2) is 5.41 Å². The highest BCUT2D eigenvalue weighted by atomic mass is 79.9. The number of benzene rings is 1. The van der Waals surface area contributed by atoms with E-state index in [0.29, 0.717) is 11.5 Å². The molecule has 28 heavy (non-hydrogen) atoms. The van der Waals surface area contributed by atoms with Crippen LogP contribution in [0, 0.1) is 56.7 Å². The Kier molecular flexibility index (Phi) is 5.14. The standard InChI is InChI=1S/C23H23BrN4/c1-22(2,3)15-7-8-17-18(10-15)20(14-5-4-6-16(24)9-14)23(12-26,13-27)21(28)19(17)11-25/h4-6,8-9,15,18,20H,7,10,28H2,1-3H3. The summed E-state index contributed by atoms with van der Waals surface area (Å²) in [6, 6.07) is 14.3. The minimum atomic E-state index is -1.56. The molecule has 0 saturated heterocycles. The van der Waals surface area contributed by atoms with Crippen LogP contribution in [0.1, 0.15) is 45.1 Å². The fraction of sp³-hybridized carbons (Fsp3) is 0.435. The summed E-state index contributed by atoms with van der Waals surface area (Å²) in [6.45, 7) is 6.64. The number of rotatable bonds is 1. The Hall–Kier alpha value is -2.55. The predicted molar refractivity (Wildman–Crippen MR) is 111 cm³/mol. The first-order valence-corrected chi connectivity index (χ1v) is 10.2. The minimum absolute atomic E-state index is 0.0849. The normalized spacial score (nSPS) is 26.3. The summed E-state index contributed by atoms with van der Waals surface area (Å²) in [5.74, 6) is -0.132. The Morgan fingerprint density at radius 1 is 1.18 bits per heavy atom. The first-order valence-electron chi connectivity index (χ1n) is 9.38. The van der Waals surface area contributed by atoms with E-state index in [1.165, 1.54) is 0 Å². The van der Waals surface area contributed by atoms with Crippen molar-refractivity contribution in [1.82, 2.24) is 0 Å². The summed E-state index contributed by atoms with van der Waals surface area (Å²) in [5, 5.41) is 30.0. The van der Waals surface area contributed by atoms with Gasteiger partial charge in [-0.2, -0.15) is 15.8 Å². The molecule has 3 unspecified atom stereocenters. The van der Waals surface area contributed by atoms with Gasteiger partial charge in [-0.15, -0.1) is 0 Å². The number of fused-ring (bicyclic) bond motifs is 1. The van der Waals surface area contributed by atoms with Crippen molar-refractivity contribution in [3.8, 4) is 18.2 Å². The van der Waals surface area contributed by atoms with E-state index in [0.717, 1.165) is 28.5 Å². The molecule has 1 aromatic rings.